The Bertz CT molecular complexity index is 608. The Labute approximate surface area is 133 Å². The molecule has 2 aromatic rings. The molecule has 3 nitrogen and oxygen atoms in total. The van der Waals surface area contributed by atoms with Crippen LogP contribution in [-0.4, -0.2) is 12.6 Å². The predicted octanol–water partition coefficient (Wildman–Crippen LogP) is 3.86. The second-order valence-electron chi connectivity index (χ2n) is 5.61. The van der Waals surface area contributed by atoms with Gasteiger partial charge in [-0.25, -0.2) is 0 Å². The summed E-state index contributed by atoms with van der Waals surface area (Å²) in [5.41, 5.74) is 9.45. The van der Waals surface area contributed by atoms with Crippen LogP contribution in [0.1, 0.15) is 30.5 Å². The van der Waals surface area contributed by atoms with Gasteiger partial charge in [0, 0.05) is 6.04 Å². The van der Waals surface area contributed by atoms with Crippen LogP contribution in [0, 0.1) is 6.92 Å². The highest BCUT2D eigenvalue weighted by Gasteiger charge is 2.09. The normalized spacial score (nSPS) is 12.0. The van der Waals surface area contributed by atoms with Crippen molar-refractivity contribution < 1.29 is 9.47 Å². The lowest BCUT2D eigenvalue weighted by Crippen LogP contribution is -2.17. The number of rotatable bonds is 7. The summed E-state index contributed by atoms with van der Waals surface area (Å²) >= 11 is 0. The standard InChI is InChI=1S/C19H25NO2/c1-4-21-19-12-16(11-15(3)20)9-10-18(19)22-13-17-8-6-5-7-14(17)2/h5-10,12,15H,4,11,13,20H2,1-3H3. The van der Waals surface area contributed by atoms with Gasteiger partial charge in [-0.05, 0) is 56.0 Å². The van der Waals surface area contributed by atoms with Crippen molar-refractivity contribution in [2.75, 3.05) is 6.61 Å². The minimum atomic E-state index is 0.133. The topological polar surface area (TPSA) is 44.5 Å². The molecule has 0 bridgehead atoms. The van der Waals surface area contributed by atoms with E-state index in [0.717, 1.165) is 17.9 Å². The number of hydrogen-bond donors (Lipinski definition) is 1. The Kier molecular flexibility index (Phi) is 5.84. The second kappa shape index (κ2) is 7.85. The van der Waals surface area contributed by atoms with Gasteiger partial charge in [0.25, 0.3) is 0 Å². The molecule has 0 aliphatic heterocycles. The van der Waals surface area contributed by atoms with Crippen molar-refractivity contribution in [2.45, 2.75) is 39.8 Å². The Morgan fingerprint density at radius 1 is 1.05 bits per heavy atom. The Balaban J connectivity index is 2.13. The van der Waals surface area contributed by atoms with E-state index >= 15 is 0 Å². The molecule has 0 fully saturated rings. The van der Waals surface area contributed by atoms with Crippen LogP contribution in [0.4, 0.5) is 0 Å². The zero-order valence-electron chi connectivity index (χ0n) is 13.6. The summed E-state index contributed by atoms with van der Waals surface area (Å²) in [4.78, 5) is 0. The van der Waals surface area contributed by atoms with Crippen LogP contribution in [0.25, 0.3) is 0 Å². The molecule has 0 radical (unpaired) electrons. The molecule has 0 saturated carbocycles. The van der Waals surface area contributed by atoms with Crippen LogP contribution in [0.5, 0.6) is 11.5 Å². The van der Waals surface area contributed by atoms with Crippen molar-refractivity contribution >= 4 is 0 Å². The Hall–Kier alpha value is -2.00. The van der Waals surface area contributed by atoms with Crippen molar-refractivity contribution in [1.29, 1.82) is 0 Å². The van der Waals surface area contributed by atoms with Crippen molar-refractivity contribution in [1.82, 2.24) is 0 Å². The molecule has 0 aromatic heterocycles. The molecule has 2 aromatic carbocycles. The highest BCUT2D eigenvalue weighted by Crippen LogP contribution is 2.30. The summed E-state index contributed by atoms with van der Waals surface area (Å²) < 4.78 is 11.7. The van der Waals surface area contributed by atoms with Crippen LogP contribution < -0.4 is 15.2 Å². The fourth-order valence-corrected chi connectivity index (χ4v) is 2.37. The zero-order valence-corrected chi connectivity index (χ0v) is 13.6. The molecule has 0 heterocycles. The maximum Gasteiger partial charge on any atom is 0.161 e. The third-order valence-electron chi connectivity index (χ3n) is 3.51. The minimum Gasteiger partial charge on any atom is -0.490 e. The molecule has 2 rings (SSSR count). The average molecular weight is 299 g/mol. The van der Waals surface area contributed by atoms with E-state index in [9.17, 15) is 0 Å². The number of ether oxygens (including phenoxy) is 2. The van der Waals surface area contributed by atoms with Gasteiger partial charge in [-0.2, -0.15) is 0 Å². The van der Waals surface area contributed by atoms with Gasteiger partial charge < -0.3 is 15.2 Å². The van der Waals surface area contributed by atoms with E-state index in [1.165, 1.54) is 16.7 Å². The van der Waals surface area contributed by atoms with Crippen molar-refractivity contribution in [3.63, 3.8) is 0 Å². The average Bonchev–Trinajstić information content (AvgIpc) is 2.48. The van der Waals surface area contributed by atoms with Gasteiger partial charge in [-0.15, -0.1) is 0 Å². The van der Waals surface area contributed by atoms with Crippen molar-refractivity contribution in [3.8, 4) is 11.5 Å². The SMILES string of the molecule is CCOc1cc(CC(C)N)ccc1OCc1ccccc1C. The van der Waals surface area contributed by atoms with E-state index in [1.54, 1.807) is 0 Å². The molecule has 1 atom stereocenters. The second-order valence-corrected chi connectivity index (χ2v) is 5.61. The van der Waals surface area contributed by atoms with Crippen LogP contribution in [0.15, 0.2) is 42.5 Å². The molecule has 118 valence electrons. The Morgan fingerprint density at radius 3 is 2.50 bits per heavy atom. The maximum absolute atomic E-state index is 5.96. The summed E-state index contributed by atoms with van der Waals surface area (Å²) in [5, 5.41) is 0. The van der Waals surface area contributed by atoms with E-state index in [-0.39, 0.29) is 6.04 Å². The fraction of sp³-hybridized carbons (Fsp3) is 0.368. The summed E-state index contributed by atoms with van der Waals surface area (Å²) in [5.74, 6) is 1.56. The predicted molar refractivity (Wildman–Crippen MR) is 90.5 cm³/mol. The molecule has 0 spiro atoms. The highest BCUT2D eigenvalue weighted by atomic mass is 16.5. The first-order valence-corrected chi connectivity index (χ1v) is 7.78. The largest absolute Gasteiger partial charge is 0.490 e. The molecule has 3 heteroatoms. The quantitative estimate of drug-likeness (QED) is 0.844. The molecular weight excluding hydrogens is 274 g/mol. The first-order valence-electron chi connectivity index (χ1n) is 7.78. The molecule has 0 aliphatic rings. The molecule has 0 aliphatic carbocycles. The van der Waals surface area contributed by atoms with Gasteiger partial charge in [0.15, 0.2) is 11.5 Å². The third-order valence-corrected chi connectivity index (χ3v) is 3.51. The van der Waals surface area contributed by atoms with Crippen LogP contribution >= 0.6 is 0 Å². The Morgan fingerprint density at radius 2 is 1.82 bits per heavy atom. The van der Waals surface area contributed by atoms with Gasteiger partial charge in [0.1, 0.15) is 6.61 Å². The first-order chi connectivity index (χ1) is 10.6. The van der Waals surface area contributed by atoms with Crippen LogP contribution in [-0.2, 0) is 13.0 Å². The van der Waals surface area contributed by atoms with E-state index in [0.29, 0.717) is 13.2 Å². The van der Waals surface area contributed by atoms with Gasteiger partial charge in [-0.1, -0.05) is 30.3 Å². The monoisotopic (exact) mass is 299 g/mol. The lowest BCUT2D eigenvalue weighted by molar-refractivity contribution is 0.268. The first kappa shape index (κ1) is 16.4. The summed E-state index contributed by atoms with van der Waals surface area (Å²) in [6, 6.07) is 14.4. The molecular formula is C19H25NO2. The summed E-state index contributed by atoms with van der Waals surface area (Å²) in [6.45, 7) is 7.22. The summed E-state index contributed by atoms with van der Waals surface area (Å²) in [7, 11) is 0. The van der Waals surface area contributed by atoms with E-state index in [4.69, 9.17) is 15.2 Å². The molecule has 0 amide bonds. The number of benzene rings is 2. The van der Waals surface area contributed by atoms with Gasteiger partial charge in [-0.3, -0.25) is 0 Å². The highest BCUT2D eigenvalue weighted by molar-refractivity contribution is 5.43. The van der Waals surface area contributed by atoms with Gasteiger partial charge >= 0.3 is 0 Å². The van der Waals surface area contributed by atoms with Crippen molar-refractivity contribution in [3.05, 3.63) is 59.2 Å². The zero-order chi connectivity index (χ0) is 15.9. The molecule has 22 heavy (non-hydrogen) atoms. The van der Waals surface area contributed by atoms with E-state index in [1.807, 2.05) is 38.1 Å². The van der Waals surface area contributed by atoms with Gasteiger partial charge in [0.2, 0.25) is 0 Å². The number of nitrogens with two attached hydrogens (primary N) is 1. The van der Waals surface area contributed by atoms with E-state index in [2.05, 4.69) is 25.1 Å². The van der Waals surface area contributed by atoms with Crippen molar-refractivity contribution in [2.24, 2.45) is 5.73 Å². The number of aryl methyl sites for hydroxylation is 1. The molecule has 2 N–H and O–H groups in total. The lowest BCUT2D eigenvalue weighted by atomic mass is 10.1. The number of hydrogen-bond acceptors (Lipinski definition) is 3. The van der Waals surface area contributed by atoms with Crippen LogP contribution in [0.2, 0.25) is 0 Å². The van der Waals surface area contributed by atoms with Crippen LogP contribution in [0.3, 0.4) is 0 Å². The molecule has 1 unspecified atom stereocenters. The maximum atomic E-state index is 5.96. The van der Waals surface area contributed by atoms with Gasteiger partial charge in [0.05, 0.1) is 6.61 Å². The smallest absolute Gasteiger partial charge is 0.161 e. The molecule has 0 saturated heterocycles. The van der Waals surface area contributed by atoms with E-state index < -0.39 is 0 Å². The summed E-state index contributed by atoms with van der Waals surface area (Å²) in [6.07, 6.45) is 0.831. The minimum absolute atomic E-state index is 0.133. The fourth-order valence-electron chi connectivity index (χ4n) is 2.37. The lowest BCUT2D eigenvalue weighted by Gasteiger charge is -2.15. The third kappa shape index (κ3) is 4.50.